The van der Waals surface area contributed by atoms with Crippen LogP contribution in [0.3, 0.4) is 0 Å². The molecule has 0 radical (unpaired) electrons. The van der Waals surface area contributed by atoms with Crippen molar-refractivity contribution in [3.05, 3.63) is 62.5 Å². The molecule has 0 aliphatic carbocycles. The van der Waals surface area contributed by atoms with Crippen molar-refractivity contribution in [1.29, 1.82) is 0 Å². The van der Waals surface area contributed by atoms with Gasteiger partial charge in [-0.25, -0.2) is 4.79 Å². The second kappa shape index (κ2) is 6.21. The fourth-order valence-corrected chi connectivity index (χ4v) is 2.37. The summed E-state index contributed by atoms with van der Waals surface area (Å²) < 4.78 is 6.98. The van der Waals surface area contributed by atoms with Crippen molar-refractivity contribution in [2.75, 3.05) is 5.73 Å². The summed E-state index contributed by atoms with van der Waals surface area (Å²) in [6, 6.07) is 12.7. The third kappa shape index (κ3) is 3.81. The van der Waals surface area contributed by atoms with Crippen molar-refractivity contribution < 1.29 is 9.53 Å². The molecule has 0 atom stereocenters. The number of hydrogen-bond acceptors (Lipinski definition) is 3. The first kappa shape index (κ1) is 14.1. The molecule has 0 aliphatic heterocycles. The summed E-state index contributed by atoms with van der Waals surface area (Å²) in [6.07, 6.45) is 0. The van der Waals surface area contributed by atoms with E-state index in [1.54, 1.807) is 18.2 Å². The molecule has 2 rings (SSSR count). The third-order valence-electron chi connectivity index (χ3n) is 2.49. The molecule has 0 saturated carbocycles. The van der Waals surface area contributed by atoms with Crippen LogP contribution in [0, 0.1) is 0 Å². The van der Waals surface area contributed by atoms with E-state index >= 15 is 0 Å². The minimum atomic E-state index is -0.432. The van der Waals surface area contributed by atoms with Crippen molar-refractivity contribution in [2.24, 2.45) is 0 Å². The van der Waals surface area contributed by atoms with Gasteiger partial charge in [0.15, 0.2) is 0 Å². The monoisotopic (exact) mass is 383 g/mol. The van der Waals surface area contributed by atoms with Crippen molar-refractivity contribution in [2.45, 2.75) is 6.61 Å². The fraction of sp³-hybridized carbons (Fsp3) is 0.0714. The predicted octanol–water partition coefficient (Wildman–Crippen LogP) is 4.15. The molecule has 0 aliphatic rings. The Labute approximate surface area is 128 Å². The highest BCUT2D eigenvalue weighted by molar-refractivity contribution is 9.10. The van der Waals surface area contributed by atoms with Crippen molar-refractivity contribution in [3.63, 3.8) is 0 Å². The van der Waals surface area contributed by atoms with Gasteiger partial charge >= 0.3 is 5.97 Å². The van der Waals surface area contributed by atoms with Crippen LogP contribution in [-0.4, -0.2) is 5.97 Å². The number of hydrogen-bond donors (Lipinski definition) is 1. The van der Waals surface area contributed by atoms with E-state index in [-0.39, 0.29) is 6.61 Å². The zero-order chi connectivity index (χ0) is 13.8. The van der Waals surface area contributed by atoms with Gasteiger partial charge in [-0.1, -0.05) is 44.0 Å². The van der Waals surface area contributed by atoms with Gasteiger partial charge in [0.2, 0.25) is 0 Å². The van der Waals surface area contributed by atoms with E-state index < -0.39 is 5.97 Å². The first-order valence-electron chi connectivity index (χ1n) is 5.53. The smallest absolute Gasteiger partial charge is 0.340 e. The molecule has 19 heavy (non-hydrogen) atoms. The predicted molar refractivity (Wildman–Crippen MR) is 81.8 cm³/mol. The van der Waals surface area contributed by atoms with E-state index in [0.717, 1.165) is 14.5 Å². The summed E-state index contributed by atoms with van der Waals surface area (Å²) >= 11 is 6.67. The Morgan fingerprint density at radius 3 is 2.58 bits per heavy atom. The van der Waals surface area contributed by atoms with E-state index in [2.05, 4.69) is 31.9 Å². The van der Waals surface area contributed by atoms with Gasteiger partial charge in [-0.2, -0.15) is 0 Å². The van der Waals surface area contributed by atoms with Crippen LogP contribution >= 0.6 is 31.9 Å². The molecule has 0 saturated heterocycles. The van der Waals surface area contributed by atoms with E-state index in [9.17, 15) is 4.79 Å². The maximum atomic E-state index is 11.9. The van der Waals surface area contributed by atoms with Crippen LogP contribution in [0.15, 0.2) is 51.4 Å². The first-order chi connectivity index (χ1) is 9.06. The van der Waals surface area contributed by atoms with Crippen LogP contribution in [0.25, 0.3) is 0 Å². The maximum absolute atomic E-state index is 11.9. The maximum Gasteiger partial charge on any atom is 0.340 e. The summed E-state index contributed by atoms with van der Waals surface area (Å²) in [5, 5.41) is 0. The average molecular weight is 385 g/mol. The standard InChI is InChI=1S/C14H11Br2NO2/c15-10-3-1-2-9(6-10)8-19-14(18)12-7-11(16)4-5-13(12)17/h1-7H,8,17H2. The lowest BCUT2D eigenvalue weighted by Crippen LogP contribution is -2.08. The summed E-state index contributed by atoms with van der Waals surface area (Å²) in [6.45, 7) is 0.213. The van der Waals surface area contributed by atoms with Gasteiger partial charge in [0.25, 0.3) is 0 Å². The molecule has 2 aromatic carbocycles. The highest BCUT2D eigenvalue weighted by Crippen LogP contribution is 2.20. The number of nitrogen functional groups attached to an aromatic ring is 1. The van der Waals surface area contributed by atoms with E-state index in [0.29, 0.717) is 11.3 Å². The molecule has 2 aromatic rings. The Morgan fingerprint density at radius 1 is 1.11 bits per heavy atom. The summed E-state index contributed by atoms with van der Waals surface area (Å²) in [4.78, 5) is 11.9. The van der Waals surface area contributed by atoms with Gasteiger partial charge in [0, 0.05) is 14.6 Å². The normalized spacial score (nSPS) is 10.2. The second-order valence-electron chi connectivity index (χ2n) is 3.94. The number of carbonyl (C=O) groups is 1. The minimum absolute atomic E-state index is 0.213. The van der Waals surface area contributed by atoms with Crippen LogP contribution in [0.1, 0.15) is 15.9 Å². The Bertz CT molecular complexity index is 614. The Balaban J connectivity index is 2.07. The molecular weight excluding hydrogens is 374 g/mol. The highest BCUT2D eigenvalue weighted by atomic mass is 79.9. The molecular formula is C14H11Br2NO2. The van der Waals surface area contributed by atoms with Crippen molar-refractivity contribution >= 4 is 43.5 Å². The summed E-state index contributed by atoms with van der Waals surface area (Å²) in [5.41, 5.74) is 7.44. The van der Waals surface area contributed by atoms with Gasteiger partial charge < -0.3 is 10.5 Å². The van der Waals surface area contributed by atoms with Crippen molar-refractivity contribution in [3.8, 4) is 0 Å². The number of benzene rings is 2. The molecule has 0 fully saturated rings. The molecule has 98 valence electrons. The molecule has 2 N–H and O–H groups in total. The average Bonchev–Trinajstić information content (AvgIpc) is 2.39. The zero-order valence-electron chi connectivity index (χ0n) is 9.90. The SMILES string of the molecule is Nc1ccc(Br)cc1C(=O)OCc1cccc(Br)c1. The minimum Gasteiger partial charge on any atom is -0.457 e. The number of ether oxygens (including phenoxy) is 1. The lowest BCUT2D eigenvalue weighted by atomic mass is 10.2. The number of esters is 1. The lowest BCUT2D eigenvalue weighted by Gasteiger charge is -2.07. The molecule has 3 nitrogen and oxygen atoms in total. The van der Waals surface area contributed by atoms with Gasteiger partial charge in [-0.15, -0.1) is 0 Å². The van der Waals surface area contributed by atoms with E-state index in [1.165, 1.54) is 0 Å². The third-order valence-corrected chi connectivity index (χ3v) is 3.48. The van der Waals surface area contributed by atoms with E-state index in [1.807, 2.05) is 24.3 Å². The van der Waals surface area contributed by atoms with Crippen molar-refractivity contribution in [1.82, 2.24) is 0 Å². The number of anilines is 1. The van der Waals surface area contributed by atoms with Crippen LogP contribution < -0.4 is 5.73 Å². The second-order valence-corrected chi connectivity index (χ2v) is 5.77. The number of carbonyl (C=O) groups excluding carboxylic acids is 1. The molecule has 0 unspecified atom stereocenters. The number of halogens is 2. The molecule has 0 aromatic heterocycles. The summed E-state index contributed by atoms with van der Waals surface area (Å²) in [5.74, 6) is -0.432. The number of rotatable bonds is 3. The quantitative estimate of drug-likeness (QED) is 0.638. The van der Waals surface area contributed by atoms with E-state index in [4.69, 9.17) is 10.5 Å². The first-order valence-corrected chi connectivity index (χ1v) is 7.11. The summed E-state index contributed by atoms with van der Waals surface area (Å²) in [7, 11) is 0. The molecule has 0 bridgehead atoms. The molecule has 0 spiro atoms. The zero-order valence-corrected chi connectivity index (χ0v) is 13.1. The highest BCUT2D eigenvalue weighted by Gasteiger charge is 2.11. The topological polar surface area (TPSA) is 52.3 Å². The Kier molecular flexibility index (Phi) is 4.61. The van der Waals surface area contributed by atoms with Gasteiger partial charge in [-0.3, -0.25) is 0 Å². The van der Waals surface area contributed by atoms with Crippen LogP contribution in [0.2, 0.25) is 0 Å². The van der Waals surface area contributed by atoms with Gasteiger partial charge in [0.05, 0.1) is 5.56 Å². The van der Waals surface area contributed by atoms with Gasteiger partial charge in [0.1, 0.15) is 6.61 Å². The Morgan fingerprint density at radius 2 is 1.84 bits per heavy atom. The number of nitrogens with two attached hydrogens (primary N) is 1. The Hall–Kier alpha value is -1.33. The largest absolute Gasteiger partial charge is 0.457 e. The molecule has 0 amide bonds. The molecule has 0 heterocycles. The molecule has 5 heteroatoms. The fourth-order valence-electron chi connectivity index (χ4n) is 1.56. The van der Waals surface area contributed by atoms with Crippen LogP contribution in [0.4, 0.5) is 5.69 Å². The van der Waals surface area contributed by atoms with Crippen LogP contribution in [0.5, 0.6) is 0 Å². The lowest BCUT2D eigenvalue weighted by molar-refractivity contribution is 0.0474. The van der Waals surface area contributed by atoms with Gasteiger partial charge in [-0.05, 0) is 35.9 Å². The van der Waals surface area contributed by atoms with Crippen LogP contribution in [-0.2, 0) is 11.3 Å².